The highest BCUT2D eigenvalue weighted by atomic mass is 16.5. The monoisotopic (exact) mass is 280 g/mol. The molecule has 0 fully saturated rings. The number of imidazole rings is 1. The topological polar surface area (TPSA) is 66.0 Å². The predicted molar refractivity (Wildman–Crippen MR) is 82.8 cm³/mol. The normalized spacial score (nSPS) is 10.6. The first-order chi connectivity index (χ1) is 10.2. The van der Waals surface area contributed by atoms with E-state index in [1.54, 1.807) is 19.4 Å². The van der Waals surface area contributed by atoms with Crippen molar-refractivity contribution < 1.29 is 4.74 Å². The Morgan fingerprint density at radius 2 is 1.81 bits per heavy atom. The largest absolute Gasteiger partial charge is 0.481 e. The Balaban J connectivity index is 2.08. The Bertz CT molecular complexity index is 748. The highest BCUT2D eigenvalue weighted by Crippen LogP contribution is 2.30. The van der Waals surface area contributed by atoms with Crippen LogP contribution in [0.15, 0.2) is 48.7 Å². The number of pyridine rings is 1. The fraction of sp³-hybridized carbons (Fsp3) is 0.125. The molecule has 0 aliphatic rings. The van der Waals surface area contributed by atoms with Gasteiger partial charge in [0.25, 0.3) is 0 Å². The van der Waals surface area contributed by atoms with Crippen molar-refractivity contribution in [3.63, 3.8) is 0 Å². The third kappa shape index (κ3) is 2.33. The minimum absolute atomic E-state index is 0.566. The van der Waals surface area contributed by atoms with Gasteiger partial charge in [0.2, 0.25) is 5.88 Å². The maximum Gasteiger partial charge on any atom is 0.212 e. The quantitative estimate of drug-likeness (QED) is 0.801. The molecule has 106 valence electrons. The molecule has 0 saturated heterocycles. The lowest BCUT2D eigenvalue weighted by atomic mass is 10.2. The summed E-state index contributed by atoms with van der Waals surface area (Å²) >= 11 is 0. The van der Waals surface area contributed by atoms with E-state index in [9.17, 15) is 0 Å². The number of ether oxygens (including phenoxy) is 1. The molecule has 0 radical (unpaired) electrons. The number of anilines is 1. The number of nitrogens with zero attached hydrogens (tertiary/aromatic N) is 3. The molecule has 0 bridgehead atoms. The molecule has 0 spiro atoms. The van der Waals surface area contributed by atoms with E-state index >= 15 is 0 Å². The standard InChI is InChI=1S/C16H16N4O/c1-20-15(17)14(12-8-9-13(21-2)18-10-12)19-16(20)11-6-4-3-5-7-11/h3-10H,17H2,1-2H3. The van der Waals surface area contributed by atoms with Gasteiger partial charge >= 0.3 is 0 Å². The van der Waals surface area contributed by atoms with Crippen LogP contribution in [0.25, 0.3) is 22.6 Å². The second-order valence-electron chi connectivity index (χ2n) is 4.68. The number of methoxy groups -OCH3 is 1. The van der Waals surface area contributed by atoms with Crippen LogP contribution in [0.4, 0.5) is 5.82 Å². The van der Waals surface area contributed by atoms with Gasteiger partial charge in [-0.15, -0.1) is 0 Å². The third-order valence-corrected chi connectivity index (χ3v) is 3.39. The summed E-state index contributed by atoms with van der Waals surface area (Å²) in [7, 11) is 3.50. The summed E-state index contributed by atoms with van der Waals surface area (Å²) in [6.45, 7) is 0. The first-order valence-electron chi connectivity index (χ1n) is 6.58. The van der Waals surface area contributed by atoms with Crippen molar-refractivity contribution in [3.05, 3.63) is 48.7 Å². The molecule has 21 heavy (non-hydrogen) atoms. The van der Waals surface area contributed by atoms with Gasteiger partial charge in [-0.3, -0.25) is 0 Å². The molecule has 0 aliphatic heterocycles. The first-order valence-corrected chi connectivity index (χ1v) is 6.58. The van der Waals surface area contributed by atoms with Gasteiger partial charge in [0, 0.05) is 30.4 Å². The van der Waals surface area contributed by atoms with Gasteiger partial charge in [-0.25, -0.2) is 9.97 Å². The second-order valence-corrected chi connectivity index (χ2v) is 4.68. The zero-order valence-corrected chi connectivity index (χ0v) is 11.9. The van der Waals surface area contributed by atoms with Gasteiger partial charge in [0.1, 0.15) is 17.3 Å². The van der Waals surface area contributed by atoms with Crippen LogP contribution in [-0.2, 0) is 7.05 Å². The van der Waals surface area contributed by atoms with Crippen molar-refractivity contribution in [2.45, 2.75) is 0 Å². The molecular weight excluding hydrogens is 264 g/mol. The summed E-state index contributed by atoms with van der Waals surface area (Å²) in [5, 5.41) is 0. The average Bonchev–Trinajstić information content (AvgIpc) is 2.84. The van der Waals surface area contributed by atoms with Gasteiger partial charge in [0.15, 0.2) is 0 Å². The van der Waals surface area contributed by atoms with Crippen LogP contribution in [0.1, 0.15) is 0 Å². The average molecular weight is 280 g/mol. The molecule has 0 amide bonds. The number of benzene rings is 1. The van der Waals surface area contributed by atoms with Crippen LogP contribution in [0.2, 0.25) is 0 Å². The zero-order chi connectivity index (χ0) is 14.8. The van der Waals surface area contributed by atoms with E-state index in [0.29, 0.717) is 11.7 Å². The molecule has 0 unspecified atom stereocenters. The van der Waals surface area contributed by atoms with Crippen molar-refractivity contribution in [1.29, 1.82) is 0 Å². The van der Waals surface area contributed by atoms with Gasteiger partial charge in [-0.05, 0) is 6.07 Å². The van der Waals surface area contributed by atoms with Gasteiger partial charge in [0.05, 0.1) is 7.11 Å². The van der Waals surface area contributed by atoms with E-state index < -0.39 is 0 Å². The van der Waals surface area contributed by atoms with E-state index in [0.717, 1.165) is 22.6 Å². The Hall–Kier alpha value is -2.82. The smallest absolute Gasteiger partial charge is 0.212 e. The maximum absolute atomic E-state index is 6.18. The Morgan fingerprint density at radius 3 is 2.43 bits per heavy atom. The molecule has 0 aliphatic carbocycles. The van der Waals surface area contributed by atoms with Gasteiger partial charge < -0.3 is 15.0 Å². The van der Waals surface area contributed by atoms with E-state index in [4.69, 9.17) is 10.5 Å². The van der Waals surface area contributed by atoms with Crippen LogP contribution in [-0.4, -0.2) is 21.6 Å². The Morgan fingerprint density at radius 1 is 1.05 bits per heavy atom. The summed E-state index contributed by atoms with van der Waals surface area (Å²) in [6, 6.07) is 13.7. The fourth-order valence-corrected chi connectivity index (χ4v) is 2.21. The van der Waals surface area contributed by atoms with Crippen LogP contribution >= 0.6 is 0 Å². The zero-order valence-electron chi connectivity index (χ0n) is 11.9. The van der Waals surface area contributed by atoms with Crippen LogP contribution in [0.3, 0.4) is 0 Å². The summed E-state index contributed by atoms with van der Waals surface area (Å²) < 4.78 is 6.95. The summed E-state index contributed by atoms with van der Waals surface area (Å²) in [4.78, 5) is 8.86. The minimum atomic E-state index is 0.566. The maximum atomic E-state index is 6.18. The molecule has 2 N–H and O–H groups in total. The Labute approximate surface area is 123 Å². The molecule has 0 atom stereocenters. The molecule has 1 aromatic carbocycles. The lowest BCUT2D eigenvalue weighted by molar-refractivity contribution is 0.398. The number of rotatable bonds is 3. The number of nitrogen functional groups attached to an aromatic ring is 1. The Kier molecular flexibility index (Phi) is 3.31. The van der Waals surface area contributed by atoms with E-state index in [1.165, 1.54) is 0 Å². The number of aromatic nitrogens is 3. The molecule has 3 aromatic rings. The van der Waals surface area contributed by atoms with Crippen molar-refractivity contribution in [2.75, 3.05) is 12.8 Å². The summed E-state index contributed by atoms with van der Waals surface area (Å²) in [5.41, 5.74) is 8.81. The van der Waals surface area contributed by atoms with E-state index in [2.05, 4.69) is 9.97 Å². The number of nitrogens with two attached hydrogens (primary N) is 1. The van der Waals surface area contributed by atoms with Gasteiger partial charge in [-0.1, -0.05) is 30.3 Å². The fourth-order valence-electron chi connectivity index (χ4n) is 2.21. The molecular formula is C16H16N4O. The molecule has 5 nitrogen and oxygen atoms in total. The third-order valence-electron chi connectivity index (χ3n) is 3.39. The van der Waals surface area contributed by atoms with Crippen molar-refractivity contribution >= 4 is 5.82 Å². The predicted octanol–water partition coefficient (Wildman–Crippen LogP) is 2.74. The lowest BCUT2D eigenvalue weighted by Gasteiger charge is -2.02. The summed E-state index contributed by atoms with van der Waals surface area (Å²) in [6.07, 6.45) is 1.71. The van der Waals surface area contributed by atoms with Crippen molar-refractivity contribution in [1.82, 2.24) is 14.5 Å². The van der Waals surface area contributed by atoms with E-state index in [1.807, 2.05) is 48.0 Å². The summed E-state index contributed by atoms with van der Waals surface area (Å²) in [5.74, 6) is 2.01. The van der Waals surface area contributed by atoms with Crippen LogP contribution in [0.5, 0.6) is 5.88 Å². The van der Waals surface area contributed by atoms with Crippen LogP contribution in [0, 0.1) is 0 Å². The molecule has 0 saturated carbocycles. The molecule has 3 rings (SSSR count). The molecule has 2 heterocycles. The highest BCUT2D eigenvalue weighted by Gasteiger charge is 2.15. The number of hydrogen-bond acceptors (Lipinski definition) is 4. The minimum Gasteiger partial charge on any atom is -0.481 e. The van der Waals surface area contributed by atoms with Crippen LogP contribution < -0.4 is 10.5 Å². The highest BCUT2D eigenvalue weighted by molar-refractivity contribution is 5.75. The van der Waals surface area contributed by atoms with Crippen molar-refractivity contribution in [2.24, 2.45) is 7.05 Å². The van der Waals surface area contributed by atoms with Gasteiger partial charge in [-0.2, -0.15) is 0 Å². The second kappa shape index (κ2) is 5.28. The number of hydrogen-bond donors (Lipinski definition) is 1. The van der Waals surface area contributed by atoms with Crippen molar-refractivity contribution in [3.8, 4) is 28.5 Å². The lowest BCUT2D eigenvalue weighted by Crippen LogP contribution is -1.98. The first kappa shape index (κ1) is 13.2. The SMILES string of the molecule is COc1ccc(-c2nc(-c3ccccc3)n(C)c2N)cn1. The van der Waals surface area contributed by atoms with E-state index in [-0.39, 0.29) is 0 Å². The molecule has 2 aromatic heterocycles. The molecule has 5 heteroatoms.